The Kier molecular flexibility index (Phi) is 12.8. The van der Waals surface area contributed by atoms with Crippen LogP contribution < -0.4 is 10.6 Å². The van der Waals surface area contributed by atoms with E-state index in [2.05, 4.69) is 30.6 Å². The van der Waals surface area contributed by atoms with Gasteiger partial charge in [-0.1, -0.05) is 91.6 Å². The minimum Gasteiger partial charge on any atom is -0.478 e. The molecule has 2 amide bonds. The van der Waals surface area contributed by atoms with Crippen LogP contribution in [0.5, 0.6) is 0 Å². The molecule has 1 rings (SSSR count). The molecular weight excluding hydrogens is 502 g/mol. The van der Waals surface area contributed by atoms with E-state index < -0.39 is 29.5 Å². The van der Waals surface area contributed by atoms with Crippen molar-refractivity contribution in [3.63, 3.8) is 0 Å². The van der Waals surface area contributed by atoms with Crippen molar-refractivity contribution in [2.75, 3.05) is 13.6 Å². The molecule has 0 bridgehead atoms. The summed E-state index contributed by atoms with van der Waals surface area (Å²) in [6, 6.07) is -1.73. The van der Waals surface area contributed by atoms with Gasteiger partial charge in [-0.2, -0.15) is 0 Å². The number of carboxylic acids is 1. The second-order valence-electron chi connectivity index (χ2n) is 11.9. The number of aliphatic carboxylic acids is 1. The van der Waals surface area contributed by atoms with Crippen molar-refractivity contribution in [3.05, 3.63) is 34.9 Å². The van der Waals surface area contributed by atoms with Gasteiger partial charge >= 0.3 is 5.97 Å². The van der Waals surface area contributed by atoms with Crippen molar-refractivity contribution in [2.24, 2.45) is 22.7 Å². The summed E-state index contributed by atoms with van der Waals surface area (Å²) in [5.74, 6) is -1.51. The fourth-order valence-corrected chi connectivity index (χ4v) is 5.53. The number of hydrogen-bond acceptors (Lipinski definition) is 4. The highest BCUT2D eigenvalue weighted by molar-refractivity contribution is 6.31. The van der Waals surface area contributed by atoms with Gasteiger partial charge in [-0.05, 0) is 55.1 Å². The zero-order chi connectivity index (χ0) is 29.4. The van der Waals surface area contributed by atoms with Crippen LogP contribution in [0.2, 0.25) is 0 Å². The number of nitrogens with one attached hydrogen (secondary N) is 2. The third-order valence-electron chi connectivity index (χ3n) is 7.83. The maximum absolute atomic E-state index is 14.0. The summed E-state index contributed by atoms with van der Waals surface area (Å²) in [6.45, 7) is 18.0. The number of carboxylic acid groups (broad SMARTS) is 1. The van der Waals surface area contributed by atoms with E-state index in [0.717, 1.165) is 19.3 Å². The molecule has 0 spiro atoms. The smallest absolute Gasteiger partial charge is 0.331 e. The van der Waals surface area contributed by atoms with Gasteiger partial charge in [0.25, 0.3) is 0 Å². The molecule has 0 saturated carbocycles. The number of carbonyl (C=O) groups excluding carboxylic acids is 2. The van der Waals surface area contributed by atoms with Crippen LogP contribution in [-0.4, -0.2) is 59.5 Å². The van der Waals surface area contributed by atoms with Gasteiger partial charge in [0.15, 0.2) is 0 Å². The van der Waals surface area contributed by atoms with Gasteiger partial charge in [-0.25, -0.2) is 4.79 Å². The molecular formula is C30H50ClN3O4. The standard InChI is InChI=1S/C30H50ClN3O4/c1-11-22(30(12-2)16-14-21(31)15-17-30)24(32-13-3)26(35)33-25(29(7,8)9)27(36)34(10)23(19(4)5)18-20(6)28(37)38/h14-16,18-19,22-25,32H,11-13,17H2,1-10H3,(H,33,35)(H,37,38)/b20-18+/t22?,23-,24+,25-,30?/m1/s1. The van der Waals surface area contributed by atoms with Crippen molar-refractivity contribution in [1.29, 1.82) is 0 Å². The van der Waals surface area contributed by atoms with Crippen molar-refractivity contribution >= 4 is 29.4 Å². The zero-order valence-electron chi connectivity index (χ0n) is 25.0. The quantitative estimate of drug-likeness (QED) is 0.262. The SMILES string of the molecule is CCN[C@H](C(=O)N[C@H](C(=O)N(C)[C@H](/C=C(\C)C(=O)O)C(C)C)C(C)(C)C)C(CC)C1(CC)C=CC(Cl)=CC1. The van der Waals surface area contributed by atoms with E-state index in [1.807, 2.05) is 53.7 Å². The molecule has 3 N–H and O–H groups in total. The number of rotatable bonds is 13. The maximum atomic E-state index is 14.0. The first-order valence-corrected chi connectivity index (χ1v) is 14.2. The number of halogens is 1. The average Bonchev–Trinajstić information content (AvgIpc) is 2.84. The van der Waals surface area contributed by atoms with Crippen molar-refractivity contribution in [1.82, 2.24) is 15.5 Å². The van der Waals surface area contributed by atoms with Gasteiger partial charge < -0.3 is 20.6 Å². The van der Waals surface area contributed by atoms with Crippen LogP contribution in [0.3, 0.4) is 0 Å². The Bertz CT molecular complexity index is 934. The molecule has 0 aromatic carbocycles. The third kappa shape index (κ3) is 8.44. The van der Waals surface area contributed by atoms with Crippen LogP contribution >= 0.6 is 11.6 Å². The molecule has 2 unspecified atom stereocenters. The zero-order valence-corrected chi connectivity index (χ0v) is 25.8. The monoisotopic (exact) mass is 551 g/mol. The Morgan fingerprint density at radius 1 is 1.21 bits per heavy atom. The lowest BCUT2D eigenvalue weighted by Gasteiger charge is -2.43. The lowest BCUT2D eigenvalue weighted by molar-refractivity contribution is -0.141. The molecule has 0 saturated heterocycles. The van der Waals surface area contributed by atoms with Gasteiger partial charge in [-0.15, -0.1) is 0 Å². The van der Waals surface area contributed by atoms with Crippen molar-refractivity contribution in [3.8, 4) is 0 Å². The second kappa shape index (κ2) is 14.3. The summed E-state index contributed by atoms with van der Waals surface area (Å²) < 4.78 is 0. The lowest BCUT2D eigenvalue weighted by atomic mass is 9.65. The summed E-state index contributed by atoms with van der Waals surface area (Å²) in [6.07, 6.45) is 10.1. The summed E-state index contributed by atoms with van der Waals surface area (Å²) >= 11 is 6.23. The molecule has 0 radical (unpaired) electrons. The third-order valence-corrected chi connectivity index (χ3v) is 8.11. The minimum atomic E-state index is -1.02. The second-order valence-corrected chi connectivity index (χ2v) is 12.3. The number of likely N-dealkylation sites (N-methyl/N-ethyl adjacent to an activating group) is 2. The van der Waals surface area contributed by atoms with E-state index in [9.17, 15) is 19.5 Å². The summed E-state index contributed by atoms with van der Waals surface area (Å²) in [5.41, 5.74) is -0.620. The number of hydrogen-bond donors (Lipinski definition) is 3. The first-order chi connectivity index (χ1) is 17.6. The average molecular weight is 552 g/mol. The molecule has 38 heavy (non-hydrogen) atoms. The number of amides is 2. The molecule has 0 aromatic heterocycles. The molecule has 0 aromatic rings. The van der Waals surface area contributed by atoms with E-state index in [-0.39, 0.29) is 34.6 Å². The largest absolute Gasteiger partial charge is 0.478 e. The number of allylic oxidation sites excluding steroid dienone is 4. The minimum absolute atomic E-state index is 0.0114. The van der Waals surface area contributed by atoms with Gasteiger partial charge in [0.05, 0.1) is 12.1 Å². The first-order valence-electron chi connectivity index (χ1n) is 13.8. The van der Waals surface area contributed by atoms with Gasteiger partial charge in [0.2, 0.25) is 11.8 Å². The van der Waals surface area contributed by atoms with Crippen LogP contribution in [0.4, 0.5) is 0 Å². The van der Waals surface area contributed by atoms with Crippen molar-refractivity contribution in [2.45, 2.75) is 99.7 Å². The van der Waals surface area contributed by atoms with Gasteiger partial charge in [-0.3, -0.25) is 9.59 Å². The predicted molar refractivity (Wildman–Crippen MR) is 156 cm³/mol. The number of nitrogens with zero attached hydrogens (tertiary/aromatic N) is 1. The lowest BCUT2D eigenvalue weighted by Crippen LogP contribution is -2.61. The fraction of sp³-hybridized carbons (Fsp3) is 0.700. The molecule has 7 nitrogen and oxygen atoms in total. The summed E-state index contributed by atoms with van der Waals surface area (Å²) in [4.78, 5) is 40.9. The molecule has 1 aliphatic carbocycles. The van der Waals surface area contributed by atoms with E-state index in [1.54, 1.807) is 18.0 Å². The molecule has 5 atom stereocenters. The van der Waals surface area contributed by atoms with Crippen LogP contribution in [0.15, 0.2) is 34.9 Å². The van der Waals surface area contributed by atoms with Gasteiger partial charge in [0.1, 0.15) is 6.04 Å². The topological polar surface area (TPSA) is 98.7 Å². The fourth-order valence-electron chi connectivity index (χ4n) is 5.39. The maximum Gasteiger partial charge on any atom is 0.331 e. The van der Waals surface area contributed by atoms with Gasteiger partial charge in [0, 0.05) is 17.7 Å². The Morgan fingerprint density at radius 2 is 1.82 bits per heavy atom. The number of carbonyl (C=O) groups is 3. The van der Waals surface area contributed by atoms with E-state index in [0.29, 0.717) is 11.6 Å². The Hall–Kier alpha value is -2.12. The van der Waals surface area contributed by atoms with E-state index >= 15 is 0 Å². The Labute approximate surface area is 235 Å². The van der Waals surface area contributed by atoms with E-state index in [1.165, 1.54) is 6.92 Å². The summed E-state index contributed by atoms with van der Waals surface area (Å²) in [7, 11) is 1.68. The highest BCUT2D eigenvalue weighted by atomic mass is 35.5. The molecule has 1 aliphatic rings. The molecule has 8 heteroatoms. The first kappa shape index (κ1) is 33.9. The van der Waals surface area contributed by atoms with Crippen LogP contribution in [0, 0.1) is 22.7 Å². The molecule has 0 aliphatic heterocycles. The highest BCUT2D eigenvalue weighted by Crippen LogP contribution is 2.44. The van der Waals surface area contributed by atoms with Crippen molar-refractivity contribution < 1.29 is 19.5 Å². The van der Waals surface area contributed by atoms with Crippen LogP contribution in [-0.2, 0) is 14.4 Å². The van der Waals surface area contributed by atoms with Crippen LogP contribution in [0.25, 0.3) is 0 Å². The van der Waals surface area contributed by atoms with E-state index in [4.69, 9.17) is 11.6 Å². The van der Waals surface area contributed by atoms with Crippen LogP contribution in [0.1, 0.15) is 81.6 Å². The molecule has 216 valence electrons. The Balaban J connectivity index is 3.39. The predicted octanol–water partition coefficient (Wildman–Crippen LogP) is 5.51. The Morgan fingerprint density at radius 3 is 2.21 bits per heavy atom. The molecule has 0 fully saturated rings. The molecule has 0 heterocycles. The summed E-state index contributed by atoms with van der Waals surface area (Å²) in [5, 5.41) is 16.6. The highest BCUT2D eigenvalue weighted by Gasteiger charge is 2.44. The normalized spacial score (nSPS) is 21.4.